The van der Waals surface area contributed by atoms with Crippen molar-refractivity contribution in [2.75, 3.05) is 13.2 Å². The highest BCUT2D eigenvalue weighted by molar-refractivity contribution is 6.09. The number of hydrogen-bond donors (Lipinski definition) is 0. The number of carbonyl (C=O) groups is 2. The summed E-state index contributed by atoms with van der Waals surface area (Å²) in [7, 11) is 0. The fourth-order valence-electron chi connectivity index (χ4n) is 2.58. The minimum absolute atomic E-state index is 0.171. The van der Waals surface area contributed by atoms with E-state index in [9.17, 15) is 9.59 Å². The highest BCUT2D eigenvalue weighted by Crippen LogP contribution is 2.26. The molecule has 0 unspecified atom stereocenters. The largest absolute Gasteiger partial charge is 0.490 e. The average molecular weight is 435 g/mol. The summed E-state index contributed by atoms with van der Waals surface area (Å²) >= 11 is 0. The topological polar surface area (TPSA) is 61.8 Å². The van der Waals surface area contributed by atoms with Gasteiger partial charge in [-0.25, -0.2) is 0 Å². The van der Waals surface area contributed by atoms with Crippen LogP contribution in [0.1, 0.15) is 50.5 Å². The van der Waals surface area contributed by atoms with E-state index in [1.54, 1.807) is 24.3 Å². The second kappa shape index (κ2) is 12.3. The maximum absolute atomic E-state index is 12.7. The Labute approximate surface area is 190 Å². The molecule has 5 heteroatoms. The second-order valence-corrected chi connectivity index (χ2v) is 7.70. The zero-order chi connectivity index (χ0) is 23.5. The van der Waals surface area contributed by atoms with Gasteiger partial charge in [-0.05, 0) is 75.8 Å². The summed E-state index contributed by atoms with van der Waals surface area (Å²) in [5.74, 6) is 0.661. The van der Waals surface area contributed by atoms with E-state index in [0.717, 1.165) is 16.9 Å². The monoisotopic (exact) mass is 434 g/mol. The average Bonchev–Trinajstić information content (AvgIpc) is 2.72. The van der Waals surface area contributed by atoms with Gasteiger partial charge >= 0.3 is 5.97 Å². The molecule has 0 fully saturated rings. The van der Waals surface area contributed by atoms with E-state index in [1.165, 1.54) is 18.6 Å². The maximum Gasteiger partial charge on any atom is 0.308 e. The first-order chi connectivity index (χ1) is 15.2. The van der Waals surface area contributed by atoms with Crippen LogP contribution in [0.15, 0.2) is 71.8 Å². The van der Waals surface area contributed by atoms with Crippen molar-refractivity contribution in [1.82, 2.24) is 0 Å². The molecule has 2 rings (SSSR count). The summed E-state index contributed by atoms with van der Waals surface area (Å²) < 4.78 is 16.5. The molecule has 0 saturated carbocycles. The lowest BCUT2D eigenvalue weighted by Crippen LogP contribution is -2.07. The molecule has 0 aliphatic heterocycles. The summed E-state index contributed by atoms with van der Waals surface area (Å²) in [4.78, 5) is 24.3. The van der Waals surface area contributed by atoms with Crippen molar-refractivity contribution in [2.24, 2.45) is 0 Å². The Morgan fingerprint density at radius 2 is 1.34 bits per heavy atom. The third-order valence-corrected chi connectivity index (χ3v) is 4.26. The van der Waals surface area contributed by atoms with Crippen molar-refractivity contribution < 1.29 is 23.8 Å². The van der Waals surface area contributed by atoms with Crippen molar-refractivity contribution >= 4 is 17.8 Å². The molecule has 5 nitrogen and oxygen atoms in total. The molecule has 0 N–H and O–H groups in total. The number of esters is 1. The summed E-state index contributed by atoms with van der Waals surface area (Å²) in [6.45, 7) is 10.2. The van der Waals surface area contributed by atoms with Crippen LogP contribution < -0.4 is 14.2 Å². The van der Waals surface area contributed by atoms with Crippen molar-refractivity contribution in [3.05, 3.63) is 83.0 Å². The highest BCUT2D eigenvalue weighted by Gasteiger charge is 2.13. The fraction of sp³-hybridized carbons (Fsp3) is 0.259. The van der Waals surface area contributed by atoms with Crippen molar-refractivity contribution in [1.29, 1.82) is 0 Å². The van der Waals surface area contributed by atoms with Gasteiger partial charge in [0, 0.05) is 13.0 Å². The molecule has 0 aromatic heterocycles. The normalized spacial score (nSPS) is 10.4. The fourth-order valence-corrected chi connectivity index (χ4v) is 2.58. The quantitative estimate of drug-likeness (QED) is 0.146. The number of benzene rings is 2. The van der Waals surface area contributed by atoms with Crippen LogP contribution in [0.2, 0.25) is 0 Å². The Morgan fingerprint density at radius 1 is 0.781 bits per heavy atom. The molecular formula is C27H30O5. The van der Waals surface area contributed by atoms with Crippen LogP contribution in [0, 0.1) is 0 Å². The first-order valence-corrected chi connectivity index (χ1v) is 10.4. The third kappa shape index (κ3) is 8.64. The minimum atomic E-state index is -0.506. The molecule has 2 aromatic rings. The van der Waals surface area contributed by atoms with Gasteiger partial charge in [-0.2, -0.15) is 0 Å². The van der Waals surface area contributed by atoms with Crippen molar-refractivity contribution in [3.8, 4) is 17.2 Å². The van der Waals surface area contributed by atoms with E-state index < -0.39 is 5.97 Å². The molecule has 0 spiro atoms. The Balaban J connectivity index is 2.11. The third-order valence-electron chi connectivity index (χ3n) is 4.26. The van der Waals surface area contributed by atoms with Crippen molar-refractivity contribution in [3.63, 3.8) is 0 Å². The lowest BCUT2D eigenvalue weighted by atomic mass is 10.1. The van der Waals surface area contributed by atoms with Crippen molar-refractivity contribution in [2.45, 2.75) is 34.6 Å². The number of allylic oxidation sites excluding steroid dienone is 3. The molecule has 2 aromatic carbocycles. The first-order valence-electron chi connectivity index (χ1n) is 10.4. The van der Waals surface area contributed by atoms with E-state index >= 15 is 0 Å². The van der Waals surface area contributed by atoms with Crippen LogP contribution in [0.3, 0.4) is 0 Å². The summed E-state index contributed by atoms with van der Waals surface area (Å²) in [5, 5.41) is 0. The van der Waals surface area contributed by atoms with Gasteiger partial charge in [0.1, 0.15) is 30.5 Å². The molecule has 168 valence electrons. The van der Waals surface area contributed by atoms with E-state index in [-0.39, 0.29) is 17.1 Å². The number of carbonyl (C=O) groups excluding carboxylic acids is 2. The van der Waals surface area contributed by atoms with Gasteiger partial charge in [0.05, 0.1) is 5.56 Å². The predicted octanol–water partition coefficient (Wildman–Crippen LogP) is 6.20. The summed E-state index contributed by atoms with van der Waals surface area (Å²) in [6.07, 6.45) is 7.10. The molecule has 0 aliphatic carbocycles. The highest BCUT2D eigenvalue weighted by atomic mass is 16.5. The van der Waals surface area contributed by atoms with Crippen LogP contribution in [0.25, 0.3) is 6.08 Å². The zero-order valence-corrected chi connectivity index (χ0v) is 19.3. The van der Waals surface area contributed by atoms with Gasteiger partial charge in [0.15, 0.2) is 5.78 Å². The molecule has 0 aliphatic rings. The van der Waals surface area contributed by atoms with Crippen LogP contribution in [0.5, 0.6) is 17.2 Å². The number of ketones is 1. The van der Waals surface area contributed by atoms with Gasteiger partial charge in [0.2, 0.25) is 0 Å². The number of ether oxygens (including phenoxy) is 3. The van der Waals surface area contributed by atoms with E-state index in [4.69, 9.17) is 14.2 Å². The molecule has 0 bridgehead atoms. The smallest absolute Gasteiger partial charge is 0.308 e. The van der Waals surface area contributed by atoms with E-state index in [2.05, 4.69) is 0 Å². The first kappa shape index (κ1) is 24.7. The number of hydrogen-bond acceptors (Lipinski definition) is 5. The molecule has 0 saturated heterocycles. The molecular weight excluding hydrogens is 404 g/mol. The standard InChI is InChI=1S/C27H30O5/c1-19(2)14-16-30-23-9-6-22(7-10-23)8-13-26(29)25-12-11-24(31-17-15-20(3)4)18-27(25)32-21(5)28/h6-15,18H,16-17H2,1-5H3. The summed E-state index contributed by atoms with van der Waals surface area (Å²) in [6, 6.07) is 12.3. The molecule has 0 heterocycles. The van der Waals surface area contributed by atoms with E-state index in [1.807, 2.05) is 64.1 Å². The molecule has 0 amide bonds. The Bertz CT molecular complexity index is 1020. The van der Waals surface area contributed by atoms with E-state index in [0.29, 0.717) is 19.0 Å². The lowest BCUT2D eigenvalue weighted by molar-refractivity contribution is -0.131. The van der Waals surface area contributed by atoms with Crippen LogP contribution in [-0.4, -0.2) is 25.0 Å². The van der Waals surface area contributed by atoms with Gasteiger partial charge in [-0.1, -0.05) is 29.4 Å². The molecule has 0 atom stereocenters. The predicted molar refractivity (Wildman–Crippen MR) is 127 cm³/mol. The molecule has 32 heavy (non-hydrogen) atoms. The Morgan fingerprint density at radius 3 is 1.91 bits per heavy atom. The minimum Gasteiger partial charge on any atom is -0.490 e. The van der Waals surface area contributed by atoms with Gasteiger partial charge in [-0.15, -0.1) is 0 Å². The maximum atomic E-state index is 12.7. The Kier molecular flexibility index (Phi) is 9.48. The number of rotatable bonds is 10. The van der Waals surface area contributed by atoms with Crippen LogP contribution >= 0.6 is 0 Å². The van der Waals surface area contributed by atoms with Gasteiger partial charge in [0.25, 0.3) is 0 Å². The second-order valence-electron chi connectivity index (χ2n) is 7.70. The van der Waals surface area contributed by atoms with Crippen LogP contribution in [0.4, 0.5) is 0 Å². The summed E-state index contributed by atoms with van der Waals surface area (Å²) in [5.41, 5.74) is 3.47. The SMILES string of the molecule is CC(=O)Oc1cc(OCC=C(C)C)ccc1C(=O)C=Cc1ccc(OCC=C(C)C)cc1. The van der Waals surface area contributed by atoms with Gasteiger partial charge in [-0.3, -0.25) is 9.59 Å². The molecule has 0 radical (unpaired) electrons. The van der Waals surface area contributed by atoms with Gasteiger partial charge < -0.3 is 14.2 Å². The van der Waals surface area contributed by atoms with Crippen LogP contribution in [-0.2, 0) is 4.79 Å². The lowest BCUT2D eigenvalue weighted by Gasteiger charge is -2.10. The zero-order valence-electron chi connectivity index (χ0n) is 19.3. The Hall–Kier alpha value is -3.60.